The van der Waals surface area contributed by atoms with Crippen LogP contribution in [0.2, 0.25) is 0 Å². The quantitative estimate of drug-likeness (QED) is 0.201. The molecular formula is C29H23BrFN3O3S. The molecule has 0 heterocycles. The Kier molecular flexibility index (Phi) is 9.18. The molecule has 0 bridgehead atoms. The van der Waals surface area contributed by atoms with Gasteiger partial charge in [-0.05, 0) is 94.4 Å². The number of carbonyl (C=O) groups is 2. The lowest BCUT2D eigenvalue weighted by molar-refractivity contribution is 0.0976. The van der Waals surface area contributed by atoms with E-state index in [0.717, 1.165) is 6.42 Å². The maximum absolute atomic E-state index is 13.1. The summed E-state index contributed by atoms with van der Waals surface area (Å²) in [6, 6.07) is 27.2. The first-order valence-corrected chi connectivity index (χ1v) is 12.8. The molecule has 0 radical (unpaired) electrons. The van der Waals surface area contributed by atoms with Gasteiger partial charge in [0.1, 0.15) is 11.6 Å². The summed E-state index contributed by atoms with van der Waals surface area (Å²) in [5.74, 6) is -0.524. The molecule has 4 aromatic carbocycles. The van der Waals surface area contributed by atoms with Crippen molar-refractivity contribution in [3.05, 3.63) is 124 Å². The van der Waals surface area contributed by atoms with Gasteiger partial charge in [-0.2, -0.15) is 0 Å². The summed E-state index contributed by atoms with van der Waals surface area (Å²) in [6.07, 6.45) is 0.768. The Morgan fingerprint density at radius 2 is 1.53 bits per heavy atom. The number of amides is 2. The number of anilines is 2. The standard InChI is InChI=1S/C29H23BrFN3O3S/c30-25-18-21(9-14-26(25)37-16-15-19-5-2-1-3-6-19)28(36)34-29(38)33-24-8-4-7-20(17-24)27(35)32-23-12-10-22(31)11-13-23/h1-14,17-18H,15-16H2,(H,32,35)(H2,33,34,36,38). The van der Waals surface area contributed by atoms with Crippen LogP contribution in [0.3, 0.4) is 0 Å². The van der Waals surface area contributed by atoms with E-state index in [1.54, 1.807) is 42.5 Å². The van der Waals surface area contributed by atoms with Gasteiger partial charge in [0.15, 0.2) is 5.11 Å². The molecule has 0 aliphatic carbocycles. The number of benzene rings is 4. The third kappa shape index (κ3) is 7.71. The average Bonchev–Trinajstić information content (AvgIpc) is 2.91. The maximum atomic E-state index is 13.1. The Balaban J connectivity index is 1.30. The molecule has 3 N–H and O–H groups in total. The van der Waals surface area contributed by atoms with Crippen LogP contribution in [-0.2, 0) is 6.42 Å². The summed E-state index contributed by atoms with van der Waals surface area (Å²) in [5.41, 5.74) is 2.92. The molecule has 0 aliphatic rings. The minimum absolute atomic E-state index is 0.0744. The van der Waals surface area contributed by atoms with Crippen molar-refractivity contribution in [1.29, 1.82) is 0 Å². The van der Waals surface area contributed by atoms with Crippen LogP contribution in [0, 0.1) is 5.82 Å². The van der Waals surface area contributed by atoms with Crippen LogP contribution in [0.15, 0.2) is 102 Å². The van der Waals surface area contributed by atoms with Crippen LogP contribution in [-0.4, -0.2) is 23.5 Å². The Hall–Kier alpha value is -4.08. The van der Waals surface area contributed by atoms with Crippen molar-refractivity contribution in [2.75, 3.05) is 17.2 Å². The minimum Gasteiger partial charge on any atom is -0.492 e. The molecule has 4 aromatic rings. The summed E-state index contributed by atoms with van der Waals surface area (Å²) in [7, 11) is 0. The monoisotopic (exact) mass is 591 g/mol. The highest BCUT2D eigenvalue weighted by Crippen LogP contribution is 2.26. The van der Waals surface area contributed by atoms with Gasteiger partial charge in [-0.15, -0.1) is 0 Å². The molecule has 0 aromatic heterocycles. The topological polar surface area (TPSA) is 79.5 Å². The number of thiocarbonyl (C=S) groups is 1. The van der Waals surface area contributed by atoms with E-state index in [1.807, 2.05) is 30.3 Å². The number of hydrogen-bond donors (Lipinski definition) is 3. The smallest absolute Gasteiger partial charge is 0.257 e. The van der Waals surface area contributed by atoms with Gasteiger partial charge in [-0.1, -0.05) is 36.4 Å². The lowest BCUT2D eigenvalue weighted by atomic mass is 10.1. The summed E-state index contributed by atoms with van der Waals surface area (Å²) in [4.78, 5) is 25.3. The lowest BCUT2D eigenvalue weighted by Crippen LogP contribution is -2.34. The SMILES string of the molecule is O=C(NC(=S)Nc1cccc(C(=O)Nc2ccc(F)cc2)c1)c1ccc(OCCc2ccccc2)c(Br)c1. The van der Waals surface area contributed by atoms with Crippen molar-refractivity contribution < 1.29 is 18.7 Å². The molecule has 0 aliphatic heterocycles. The molecular weight excluding hydrogens is 569 g/mol. The van der Waals surface area contributed by atoms with Crippen molar-refractivity contribution in [3.63, 3.8) is 0 Å². The van der Waals surface area contributed by atoms with Gasteiger partial charge in [-0.3, -0.25) is 14.9 Å². The van der Waals surface area contributed by atoms with E-state index in [4.69, 9.17) is 17.0 Å². The zero-order chi connectivity index (χ0) is 26.9. The van der Waals surface area contributed by atoms with Crippen molar-refractivity contribution in [2.24, 2.45) is 0 Å². The van der Waals surface area contributed by atoms with Crippen LogP contribution < -0.4 is 20.7 Å². The molecule has 192 valence electrons. The minimum atomic E-state index is -0.399. The highest BCUT2D eigenvalue weighted by Gasteiger charge is 2.12. The fraction of sp³-hybridized carbons (Fsp3) is 0.0690. The molecule has 0 spiro atoms. The van der Waals surface area contributed by atoms with Crippen LogP contribution in [0.25, 0.3) is 0 Å². The van der Waals surface area contributed by atoms with Crippen LogP contribution >= 0.6 is 28.1 Å². The molecule has 9 heteroatoms. The molecule has 2 amide bonds. The number of nitrogens with one attached hydrogen (secondary N) is 3. The van der Waals surface area contributed by atoms with Gasteiger partial charge in [0.05, 0.1) is 11.1 Å². The molecule has 0 saturated heterocycles. The van der Waals surface area contributed by atoms with Gasteiger partial charge in [0, 0.05) is 28.9 Å². The molecule has 6 nitrogen and oxygen atoms in total. The largest absolute Gasteiger partial charge is 0.492 e. The highest BCUT2D eigenvalue weighted by molar-refractivity contribution is 9.10. The number of halogens is 2. The zero-order valence-electron chi connectivity index (χ0n) is 20.0. The maximum Gasteiger partial charge on any atom is 0.257 e. The third-order valence-corrected chi connectivity index (χ3v) is 6.22. The van der Waals surface area contributed by atoms with Crippen LogP contribution in [0.1, 0.15) is 26.3 Å². The summed E-state index contributed by atoms with van der Waals surface area (Å²) in [6.45, 7) is 0.503. The molecule has 38 heavy (non-hydrogen) atoms. The number of hydrogen-bond acceptors (Lipinski definition) is 4. The molecule has 4 rings (SSSR count). The predicted molar refractivity (Wildman–Crippen MR) is 154 cm³/mol. The van der Waals surface area contributed by atoms with E-state index in [-0.39, 0.29) is 16.8 Å². The number of carbonyl (C=O) groups excluding carboxylic acids is 2. The van der Waals surface area contributed by atoms with Gasteiger partial charge in [0.25, 0.3) is 11.8 Å². The van der Waals surface area contributed by atoms with Gasteiger partial charge < -0.3 is 15.4 Å². The zero-order valence-corrected chi connectivity index (χ0v) is 22.4. The summed E-state index contributed by atoms with van der Waals surface area (Å²) < 4.78 is 19.6. The Morgan fingerprint density at radius 3 is 2.26 bits per heavy atom. The Bertz CT molecular complexity index is 1450. The van der Waals surface area contributed by atoms with Gasteiger partial charge in [-0.25, -0.2) is 4.39 Å². The van der Waals surface area contributed by atoms with Gasteiger partial charge >= 0.3 is 0 Å². The number of rotatable bonds is 8. The average molecular weight is 592 g/mol. The van der Waals surface area contributed by atoms with Crippen molar-refractivity contribution >= 4 is 56.4 Å². The predicted octanol–water partition coefficient (Wildman–Crippen LogP) is 6.59. The second-order valence-corrected chi connectivity index (χ2v) is 9.44. The number of ether oxygens (including phenoxy) is 1. The Morgan fingerprint density at radius 1 is 0.789 bits per heavy atom. The Labute approximate surface area is 233 Å². The third-order valence-electron chi connectivity index (χ3n) is 5.40. The van der Waals surface area contributed by atoms with E-state index in [0.29, 0.717) is 39.3 Å². The van der Waals surface area contributed by atoms with Gasteiger partial charge in [0.2, 0.25) is 0 Å². The van der Waals surface area contributed by atoms with Crippen molar-refractivity contribution in [3.8, 4) is 5.75 Å². The summed E-state index contributed by atoms with van der Waals surface area (Å²) in [5, 5.41) is 8.32. The van der Waals surface area contributed by atoms with E-state index in [9.17, 15) is 14.0 Å². The first-order chi connectivity index (χ1) is 18.4. The van der Waals surface area contributed by atoms with Crippen molar-refractivity contribution in [1.82, 2.24) is 5.32 Å². The summed E-state index contributed by atoms with van der Waals surface area (Å²) >= 11 is 8.75. The van der Waals surface area contributed by atoms with Crippen LogP contribution in [0.4, 0.5) is 15.8 Å². The van der Waals surface area contributed by atoms with E-state index in [1.165, 1.54) is 29.8 Å². The first kappa shape index (κ1) is 27.0. The molecule has 0 unspecified atom stereocenters. The fourth-order valence-corrected chi connectivity index (χ4v) is 4.20. The second kappa shape index (κ2) is 12.9. The van der Waals surface area contributed by atoms with E-state index < -0.39 is 5.91 Å². The van der Waals surface area contributed by atoms with E-state index in [2.05, 4.69) is 31.9 Å². The fourth-order valence-electron chi connectivity index (χ4n) is 3.49. The second-order valence-electron chi connectivity index (χ2n) is 8.18. The normalized spacial score (nSPS) is 10.4. The molecule has 0 fully saturated rings. The lowest BCUT2D eigenvalue weighted by Gasteiger charge is -2.12. The van der Waals surface area contributed by atoms with E-state index >= 15 is 0 Å². The van der Waals surface area contributed by atoms with Crippen molar-refractivity contribution in [2.45, 2.75) is 6.42 Å². The van der Waals surface area contributed by atoms with Crippen LogP contribution in [0.5, 0.6) is 5.75 Å². The molecule has 0 saturated carbocycles. The molecule has 0 atom stereocenters. The first-order valence-electron chi connectivity index (χ1n) is 11.6. The highest BCUT2D eigenvalue weighted by atomic mass is 79.9.